The maximum atomic E-state index is 11.7. The Morgan fingerprint density at radius 3 is 2.61 bits per heavy atom. The molecule has 1 N–H and O–H groups in total. The van der Waals surface area contributed by atoms with Gasteiger partial charge in [0.05, 0.1) is 32.1 Å². The summed E-state index contributed by atoms with van der Waals surface area (Å²) < 4.78 is 10.5. The Kier molecular flexibility index (Phi) is 5.05. The summed E-state index contributed by atoms with van der Waals surface area (Å²) in [7, 11) is 3.14. The van der Waals surface area contributed by atoms with E-state index in [1.165, 1.54) is 4.90 Å². The van der Waals surface area contributed by atoms with Gasteiger partial charge in [-0.05, 0) is 26.0 Å². The monoisotopic (exact) mass is 316 g/mol. The van der Waals surface area contributed by atoms with Gasteiger partial charge in [-0.15, -0.1) is 0 Å². The van der Waals surface area contributed by atoms with E-state index in [1.54, 1.807) is 44.7 Å². The Morgan fingerprint density at radius 2 is 2.00 bits per heavy atom. The van der Waals surface area contributed by atoms with Crippen molar-refractivity contribution >= 4 is 11.8 Å². The van der Waals surface area contributed by atoms with E-state index >= 15 is 0 Å². The molecule has 0 aliphatic heterocycles. The van der Waals surface area contributed by atoms with Crippen molar-refractivity contribution in [3.8, 4) is 11.5 Å². The number of aromatic nitrogens is 1. The van der Waals surface area contributed by atoms with Crippen LogP contribution < -0.4 is 14.4 Å². The summed E-state index contributed by atoms with van der Waals surface area (Å²) in [4.78, 5) is 17.3. The third-order valence-electron chi connectivity index (χ3n) is 3.65. The standard InChI is InChI=1S/C17H20N2O4/c1-11-9-18-15(12(2)16(11)23-4)10-19(17(20)21)13-6-5-7-14(8-13)22-3/h5-9H,10H2,1-4H3,(H,20,21). The van der Waals surface area contributed by atoms with Gasteiger partial charge in [0.1, 0.15) is 11.5 Å². The summed E-state index contributed by atoms with van der Waals surface area (Å²) in [6.45, 7) is 3.91. The molecule has 2 rings (SSSR count). The number of hydrogen-bond acceptors (Lipinski definition) is 4. The highest BCUT2D eigenvalue weighted by molar-refractivity contribution is 5.86. The molecule has 2 aromatic rings. The van der Waals surface area contributed by atoms with Crippen LogP contribution in [0, 0.1) is 13.8 Å². The smallest absolute Gasteiger partial charge is 0.412 e. The van der Waals surface area contributed by atoms with Crippen LogP contribution in [-0.2, 0) is 6.54 Å². The molecule has 0 aliphatic carbocycles. The average molecular weight is 316 g/mol. The van der Waals surface area contributed by atoms with Crippen molar-refractivity contribution in [3.05, 3.63) is 47.3 Å². The second kappa shape index (κ2) is 7.00. The van der Waals surface area contributed by atoms with E-state index in [0.29, 0.717) is 17.1 Å². The molecule has 0 radical (unpaired) electrons. The number of nitrogens with zero attached hydrogens (tertiary/aromatic N) is 2. The van der Waals surface area contributed by atoms with E-state index in [4.69, 9.17) is 9.47 Å². The third-order valence-corrected chi connectivity index (χ3v) is 3.65. The van der Waals surface area contributed by atoms with Gasteiger partial charge in [-0.3, -0.25) is 9.88 Å². The van der Waals surface area contributed by atoms with Crippen molar-refractivity contribution in [1.29, 1.82) is 0 Å². The average Bonchev–Trinajstić information content (AvgIpc) is 2.54. The van der Waals surface area contributed by atoms with Crippen LogP contribution >= 0.6 is 0 Å². The Balaban J connectivity index is 2.39. The largest absolute Gasteiger partial charge is 0.497 e. The molecule has 1 amide bonds. The molecule has 0 atom stereocenters. The molecule has 1 aromatic carbocycles. The first kappa shape index (κ1) is 16.6. The van der Waals surface area contributed by atoms with Crippen molar-refractivity contribution in [1.82, 2.24) is 4.98 Å². The molecule has 1 aromatic heterocycles. The summed E-state index contributed by atoms with van der Waals surface area (Å²) in [5.41, 5.74) is 2.92. The molecular formula is C17H20N2O4. The van der Waals surface area contributed by atoms with Crippen molar-refractivity contribution in [2.45, 2.75) is 20.4 Å². The van der Waals surface area contributed by atoms with Gasteiger partial charge in [0.15, 0.2) is 0 Å². The van der Waals surface area contributed by atoms with Gasteiger partial charge < -0.3 is 14.6 Å². The molecule has 122 valence electrons. The fourth-order valence-corrected chi connectivity index (χ4v) is 2.43. The van der Waals surface area contributed by atoms with E-state index < -0.39 is 6.09 Å². The zero-order chi connectivity index (χ0) is 17.0. The summed E-state index contributed by atoms with van der Waals surface area (Å²) in [5.74, 6) is 1.32. The van der Waals surface area contributed by atoms with E-state index in [1.807, 2.05) is 13.8 Å². The third kappa shape index (κ3) is 3.53. The molecule has 0 aliphatic rings. The quantitative estimate of drug-likeness (QED) is 0.915. The summed E-state index contributed by atoms with van der Waals surface area (Å²) in [6, 6.07) is 6.91. The van der Waals surface area contributed by atoms with Crippen LogP contribution in [-0.4, -0.2) is 30.4 Å². The van der Waals surface area contributed by atoms with E-state index in [-0.39, 0.29) is 6.54 Å². The summed E-state index contributed by atoms with van der Waals surface area (Å²) in [5, 5.41) is 9.55. The molecule has 0 bridgehead atoms. The Hall–Kier alpha value is -2.76. The van der Waals surface area contributed by atoms with Crippen LogP contribution in [0.15, 0.2) is 30.5 Å². The highest BCUT2D eigenvalue weighted by atomic mass is 16.5. The molecule has 0 saturated heterocycles. The minimum Gasteiger partial charge on any atom is -0.497 e. The van der Waals surface area contributed by atoms with Gasteiger partial charge in [0.2, 0.25) is 0 Å². The lowest BCUT2D eigenvalue weighted by molar-refractivity contribution is 0.201. The molecule has 0 saturated carbocycles. The number of pyridine rings is 1. The number of rotatable bonds is 5. The van der Waals surface area contributed by atoms with Gasteiger partial charge >= 0.3 is 6.09 Å². The second-order valence-electron chi connectivity index (χ2n) is 5.12. The van der Waals surface area contributed by atoms with E-state index in [0.717, 1.165) is 16.9 Å². The number of carbonyl (C=O) groups is 1. The highest BCUT2D eigenvalue weighted by Crippen LogP contribution is 2.27. The minimum absolute atomic E-state index is 0.130. The van der Waals surface area contributed by atoms with E-state index in [9.17, 15) is 9.90 Å². The molecule has 0 fully saturated rings. The fraction of sp³-hybridized carbons (Fsp3) is 0.294. The zero-order valence-electron chi connectivity index (χ0n) is 13.7. The van der Waals surface area contributed by atoms with Gasteiger partial charge in [0.25, 0.3) is 0 Å². The van der Waals surface area contributed by atoms with Crippen LogP contribution in [0.5, 0.6) is 11.5 Å². The number of aryl methyl sites for hydroxylation is 1. The first-order valence-electron chi connectivity index (χ1n) is 7.11. The zero-order valence-corrected chi connectivity index (χ0v) is 13.7. The number of benzene rings is 1. The Morgan fingerprint density at radius 1 is 1.26 bits per heavy atom. The maximum absolute atomic E-state index is 11.7. The van der Waals surface area contributed by atoms with Crippen LogP contribution in [0.3, 0.4) is 0 Å². The fourth-order valence-electron chi connectivity index (χ4n) is 2.43. The number of ether oxygens (including phenoxy) is 2. The van der Waals surface area contributed by atoms with Crippen molar-refractivity contribution < 1.29 is 19.4 Å². The van der Waals surface area contributed by atoms with Crippen LogP contribution in [0.2, 0.25) is 0 Å². The highest BCUT2D eigenvalue weighted by Gasteiger charge is 2.19. The summed E-state index contributed by atoms with van der Waals surface area (Å²) >= 11 is 0. The van der Waals surface area contributed by atoms with Gasteiger partial charge in [0, 0.05) is 23.4 Å². The molecule has 6 heteroatoms. The Labute approximate surface area is 135 Å². The first-order chi connectivity index (χ1) is 11.0. The lowest BCUT2D eigenvalue weighted by Crippen LogP contribution is -2.29. The maximum Gasteiger partial charge on any atom is 0.412 e. The predicted octanol–water partition coefficient (Wildman–Crippen LogP) is 3.40. The number of anilines is 1. The summed E-state index contributed by atoms with van der Waals surface area (Å²) in [6.07, 6.45) is 0.631. The normalized spacial score (nSPS) is 10.3. The number of carboxylic acid groups (broad SMARTS) is 1. The Bertz CT molecular complexity index is 716. The van der Waals surface area contributed by atoms with Crippen LogP contribution in [0.1, 0.15) is 16.8 Å². The number of methoxy groups -OCH3 is 2. The molecule has 0 spiro atoms. The van der Waals surface area contributed by atoms with Gasteiger partial charge in [-0.25, -0.2) is 4.79 Å². The topological polar surface area (TPSA) is 71.9 Å². The minimum atomic E-state index is -1.06. The van der Waals surface area contributed by atoms with Gasteiger partial charge in [-0.1, -0.05) is 6.07 Å². The SMILES string of the molecule is COc1cccc(N(Cc2ncc(C)c(OC)c2C)C(=O)O)c1. The van der Waals surface area contributed by atoms with Gasteiger partial charge in [-0.2, -0.15) is 0 Å². The molecule has 23 heavy (non-hydrogen) atoms. The van der Waals surface area contributed by atoms with Crippen LogP contribution in [0.4, 0.5) is 10.5 Å². The number of hydrogen-bond donors (Lipinski definition) is 1. The van der Waals surface area contributed by atoms with Crippen molar-refractivity contribution in [3.63, 3.8) is 0 Å². The van der Waals surface area contributed by atoms with Crippen LogP contribution in [0.25, 0.3) is 0 Å². The first-order valence-corrected chi connectivity index (χ1v) is 7.11. The molecular weight excluding hydrogens is 296 g/mol. The van der Waals surface area contributed by atoms with Crippen molar-refractivity contribution in [2.24, 2.45) is 0 Å². The lowest BCUT2D eigenvalue weighted by Gasteiger charge is -2.21. The second-order valence-corrected chi connectivity index (χ2v) is 5.12. The molecule has 1 heterocycles. The lowest BCUT2D eigenvalue weighted by atomic mass is 10.1. The predicted molar refractivity (Wildman–Crippen MR) is 87.5 cm³/mol. The number of amides is 1. The molecule has 6 nitrogen and oxygen atoms in total. The van der Waals surface area contributed by atoms with E-state index in [2.05, 4.69) is 4.98 Å². The van der Waals surface area contributed by atoms with Crippen molar-refractivity contribution in [2.75, 3.05) is 19.1 Å². The molecule has 0 unspecified atom stereocenters.